The van der Waals surface area contributed by atoms with Crippen molar-refractivity contribution >= 4 is 17.7 Å². The van der Waals surface area contributed by atoms with Crippen molar-refractivity contribution in [2.24, 2.45) is 7.05 Å². The van der Waals surface area contributed by atoms with Crippen LogP contribution in [0.15, 0.2) is 22.1 Å². The summed E-state index contributed by atoms with van der Waals surface area (Å²) >= 11 is 1.42. The molecule has 3 rings (SSSR count). The first-order valence-corrected chi connectivity index (χ1v) is 8.54. The molecule has 0 atom stereocenters. The molecule has 0 bridgehead atoms. The molecule has 1 aliphatic rings. The Morgan fingerprint density at radius 3 is 2.56 bits per heavy atom. The molecule has 0 unspecified atom stereocenters. The van der Waals surface area contributed by atoms with Crippen molar-refractivity contribution < 1.29 is 18.0 Å². The van der Waals surface area contributed by atoms with Gasteiger partial charge in [-0.1, -0.05) is 0 Å². The minimum absolute atomic E-state index is 0.137. The first-order valence-electron chi connectivity index (χ1n) is 7.31. The van der Waals surface area contributed by atoms with Crippen molar-refractivity contribution in [2.75, 3.05) is 6.26 Å². The average molecular weight is 372 g/mol. The molecule has 0 spiro atoms. The third kappa shape index (κ3) is 2.84. The zero-order chi connectivity index (χ0) is 18.5. The molecule has 2 aromatic rings. The maximum Gasteiger partial charge on any atom is 0.504 e. The van der Waals surface area contributed by atoms with Crippen LogP contribution < -0.4 is 5.56 Å². The van der Waals surface area contributed by atoms with Crippen LogP contribution in [-0.4, -0.2) is 31.4 Å². The highest BCUT2D eigenvalue weighted by atomic mass is 32.2. The van der Waals surface area contributed by atoms with Gasteiger partial charge in [0.15, 0.2) is 0 Å². The fourth-order valence-corrected chi connectivity index (χ4v) is 3.82. The standard InChI is InChI=1S/C15H15F3N4O2S/c1-8-12(25-3)10-6-21(7-11(10)20(2)13(8)23)14(24)9-4-19-22(5-9)15(16,17)18/h4-5H,6-7H2,1-3H3. The van der Waals surface area contributed by atoms with Gasteiger partial charge in [-0.25, -0.2) is 0 Å². The lowest BCUT2D eigenvalue weighted by molar-refractivity contribution is -0.212. The molecule has 2 aromatic heterocycles. The van der Waals surface area contributed by atoms with Gasteiger partial charge in [0.2, 0.25) is 0 Å². The van der Waals surface area contributed by atoms with Crippen LogP contribution in [0.1, 0.15) is 27.2 Å². The summed E-state index contributed by atoms with van der Waals surface area (Å²) in [5, 5.41) is 3.19. The predicted octanol–water partition coefficient (Wildman–Crippen LogP) is 2.24. The monoisotopic (exact) mass is 372 g/mol. The van der Waals surface area contributed by atoms with Crippen LogP contribution in [0.25, 0.3) is 0 Å². The number of pyridine rings is 1. The summed E-state index contributed by atoms with van der Waals surface area (Å²) in [5.41, 5.74) is 1.90. The molecule has 134 valence electrons. The largest absolute Gasteiger partial charge is 0.504 e. The van der Waals surface area contributed by atoms with Crippen molar-refractivity contribution in [2.45, 2.75) is 31.2 Å². The van der Waals surface area contributed by atoms with Gasteiger partial charge in [-0.05, 0) is 13.2 Å². The van der Waals surface area contributed by atoms with Crippen molar-refractivity contribution in [1.82, 2.24) is 19.2 Å². The van der Waals surface area contributed by atoms with E-state index < -0.39 is 12.2 Å². The lowest BCUT2D eigenvalue weighted by Crippen LogP contribution is -2.26. The molecular formula is C15H15F3N4O2S. The van der Waals surface area contributed by atoms with Crippen molar-refractivity contribution in [3.63, 3.8) is 0 Å². The van der Waals surface area contributed by atoms with Gasteiger partial charge < -0.3 is 9.47 Å². The number of nitrogens with zero attached hydrogens (tertiary/aromatic N) is 4. The molecule has 25 heavy (non-hydrogen) atoms. The Hall–Kier alpha value is -2.23. The van der Waals surface area contributed by atoms with E-state index >= 15 is 0 Å². The van der Waals surface area contributed by atoms with E-state index in [0.29, 0.717) is 17.5 Å². The quantitative estimate of drug-likeness (QED) is 0.759. The second kappa shape index (κ2) is 5.94. The summed E-state index contributed by atoms with van der Waals surface area (Å²) in [7, 11) is 1.63. The number of carbonyl (C=O) groups is 1. The summed E-state index contributed by atoms with van der Waals surface area (Å²) in [6.45, 7) is 2.15. The Labute approximate surface area is 145 Å². The Morgan fingerprint density at radius 2 is 2.00 bits per heavy atom. The van der Waals surface area contributed by atoms with Crippen molar-refractivity contribution in [3.05, 3.63) is 45.1 Å². The molecular weight excluding hydrogens is 357 g/mol. The maximum atomic E-state index is 12.6. The van der Waals surface area contributed by atoms with E-state index in [4.69, 9.17) is 0 Å². The van der Waals surface area contributed by atoms with Gasteiger partial charge >= 0.3 is 6.30 Å². The molecule has 0 N–H and O–H groups in total. The van der Waals surface area contributed by atoms with Gasteiger partial charge in [-0.15, -0.1) is 24.9 Å². The number of fused-ring (bicyclic) bond motifs is 1. The summed E-state index contributed by atoms with van der Waals surface area (Å²) < 4.78 is 39.2. The van der Waals surface area contributed by atoms with Gasteiger partial charge in [-0.3, -0.25) is 9.59 Å². The highest BCUT2D eigenvalue weighted by Gasteiger charge is 2.34. The Bertz CT molecular complexity index is 917. The van der Waals surface area contributed by atoms with E-state index in [2.05, 4.69) is 5.10 Å². The fourth-order valence-electron chi connectivity index (χ4n) is 3.00. The zero-order valence-electron chi connectivity index (χ0n) is 13.7. The van der Waals surface area contributed by atoms with Crippen LogP contribution in [0.5, 0.6) is 0 Å². The van der Waals surface area contributed by atoms with Gasteiger partial charge in [0.1, 0.15) is 0 Å². The Balaban J connectivity index is 1.94. The molecule has 10 heteroatoms. The lowest BCUT2D eigenvalue weighted by Gasteiger charge is -2.14. The summed E-state index contributed by atoms with van der Waals surface area (Å²) in [6, 6.07) is 0. The van der Waals surface area contributed by atoms with E-state index in [1.165, 1.54) is 21.2 Å². The third-order valence-corrected chi connectivity index (χ3v) is 5.22. The van der Waals surface area contributed by atoms with Gasteiger partial charge in [0.05, 0.1) is 18.3 Å². The third-order valence-electron chi connectivity index (χ3n) is 4.26. The zero-order valence-corrected chi connectivity index (χ0v) is 14.5. The summed E-state index contributed by atoms with van der Waals surface area (Å²) in [4.78, 5) is 27.1. The second-order valence-corrected chi connectivity index (χ2v) is 6.57. The lowest BCUT2D eigenvalue weighted by atomic mass is 10.1. The number of thioether (sulfide) groups is 1. The van der Waals surface area contributed by atoms with Crippen LogP contribution in [0.4, 0.5) is 13.2 Å². The van der Waals surface area contributed by atoms with Gasteiger partial charge in [0, 0.05) is 41.5 Å². The highest BCUT2D eigenvalue weighted by Crippen LogP contribution is 2.32. The van der Waals surface area contributed by atoms with E-state index in [1.54, 1.807) is 14.0 Å². The first-order chi connectivity index (χ1) is 11.6. The van der Waals surface area contributed by atoms with Crippen LogP contribution in [0.3, 0.4) is 0 Å². The number of amides is 1. The molecule has 1 aliphatic heterocycles. The molecule has 0 saturated heterocycles. The molecule has 6 nitrogen and oxygen atoms in total. The number of hydrogen-bond acceptors (Lipinski definition) is 4. The topological polar surface area (TPSA) is 60.1 Å². The smallest absolute Gasteiger partial charge is 0.328 e. The highest BCUT2D eigenvalue weighted by molar-refractivity contribution is 7.98. The van der Waals surface area contributed by atoms with Gasteiger partial charge in [0.25, 0.3) is 11.5 Å². The molecule has 0 radical (unpaired) electrons. The fraction of sp³-hybridized carbons (Fsp3) is 0.400. The number of carbonyl (C=O) groups excluding carboxylic acids is 1. The number of hydrogen-bond donors (Lipinski definition) is 0. The average Bonchev–Trinajstić information content (AvgIpc) is 3.19. The van der Waals surface area contributed by atoms with E-state index in [0.717, 1.165) is 16.7 Å². The SMILES string of the molecule is CSc1c2c(n(C)c(=O)c1C)CN(C(=O)c1cnn(C(F)(F)F)c1)C2. The van der Waals surface area contributed by atoms with Crippen molar-refractivity contribution in [3.8, 4) is 0 Å². The number of halogens is 3. The van der Waals surface area contributed by atoms with Crippen molar-refractivity contribution in [1.29, 1.82) is 0 Å². The molecule has 3 heterocycles. The molecule has 0 aliphatic carbocycles. The van der Waals surface area contributed by atoms with Crippen LogP contribution in [0, 0.1) is 6.92 Å². The minimum Gasteiger partial charge on any atom is -0.328 e. The maximum absolute atomic E-state index is 12.6. The first kappa shape index (κ1) is 17.6. The predicted molar refractivity (Wildman–Crippen MR) is 85.3 cm³/mol. The van der Waals surface area contributed by atoms with E-state index in [-0.39, 0.29) is 28.9 Å². The van der Waals surface area contributed by atoms with Crippen LogP contribution >= 0.6 is 11.8 Å². The molecule has 0 fully saturated rings. The van der Waals surface area contributed by atoms with E-state index in [1.807, 2.05) is 6.26 Å². The normalized spacial score (nSPS) is 14.1. The summed E-state index contributed by atoms with van der Waals surface area (Å²) in [6.07, 6.45) is -1.25. The van der Waals surface area contributed by atoms with Crippen LogP contribution in [-0.2, 0) is 26.4 Å². The molecule has 0 saturated carbocycles. The Kier molecular flexibility index (Phi) is 4.18. The Morgan fingerprint density at radius 1 is 1.32 bits per heavy atom. The second-order valence-electron chi connectivity index (χ2n) is 5.75. The van der Waals surface area contributed by atoms with E-state index in [9.17, 15) is 22.8 Å². The van der Waals surface area contributed by atoms with Gasteiger partial charge in [-0.2, -0.15) is 9.78 Å². The number of rotatable bonds is 2. The minimum atomic E-state index is -4.67. The number of alkyl halides is 3. The molecule has 0 aromatic carbocycles. The summed E-state index contributed by atoms with van der Waals surface area (Å²) in [5.74, 6) is -0.552. The number of aromatic nitrogens is 3. The molecule has 1 amide bonds. The van der Waals surface area contributed by atoms with Crippen LogP contribution in [0.2, 0.25) is 0 Å².